The Labute approximate surface area is 206 Å². The van der Waals surface area contributed by atoms with Gasteiger partial charge < -0.3 is 14.8 Å². The number of rotatable bonds is 6. The van der Waals surface area contributed by atoms with Crippen LogP contribution in [0.1, 0.15) is 49.0 Å². The van der Waals surface area contributed by atoms with Crippen molar-refractivity contribution in [2.24, 2.45) is 0 Å². The maximum Gasteiger partial charge on any atom is 0.123 e. The largest absolute Gasteiger partial charge is 0.355 e. The molecule has 1 unspecified atom stereocenters. The van der Waals surface area contributed by atoms with E-state index in [2.05, 4.69) is 70.2 Å². The number of allylic oxidation sites excluding steroid dienone is 3. The third-order valence-corrected chi connectivity index (χ3v) is 6.90. The van der Waals surface area contributed by atoms with Crippen LogP contribution in [0.4, 0.5) is 10.1 Å². The summed E-state index contributed by atoms with van der Waals surface area (Å²) < 4.78 is 15.6. The molecule has 0 radical (unpaired) electrons. The second-order valence-corrected chi connectivity index (χ2v) is 9.24. The van der Waals surface area contributed by atoms with Gasteiger partial charge in [0.25, 0.3) is 0 Å². The van der Waals surface area contributed by atoms with Crippen LogP contribution in [-0.2, 0) is 6.42 Å². The first-order chi connectivity index (χ1) is 16.9. The lowest BCUT2D eigenvalue weighted by atomic mass is 9.89. The van der Waals surface area contributed by atoms with E-state index < -0.39 is 0 Å². The number of nitrogens with zero attached hydrogens (tertiary/aromatic N) is 3. The van der Waals surface area contributed by atoms with Crippen LogP contribution >= 0.6 is 0 Å². The summed E-state index contributed by atoms with van der Waals surface area (Å²) in [5.41, 5.74) is 9.42. The van der Waals surface area contributed by atoms with Gasteiger partial charge in [-0.15, -0.1) is 0 Å². The number of imidazole rings is 1. The van der Waals surface area contributed by atoms with Gasteiger partial charge in [0, 0.05) is 40.2 Å². The fourth-order valence-corrected chi connectivity index (χ4v) is 5.13. The minimum Gasteiger partial charge on any atom is -0.355 e. The molecule has 2 aromatic carbocycles. The van der Waals surface area contributed by atoms with Gasteiger partial charge in [0.1, 0.15) is 5.82 Å². The van der Waals surface area contributed by atoms with E-state index in [1.165, 1.54) is 23.4 Å². The van der Waals surface area contributed by atoms with Crippen molar-refractivity contribution in [3.63, 3.8) is 0 Å². The Kier molecular flexibility index (Phi) is 6.16. The van der Waals surface area contributed by atoms with Gasteiger partial charge in [-0.2, -0.15) is 0 Å². The van der Waals surface area contributed by atoms with Crippen LogP contribution in [0.2, 0.25) is 0 Å². The number of anilines is 1. The molecule has 0 spiro atoms. The van der Waals surface area contributed by atoms with Crippen molar-refractivity contribution in [2.45, 2.75) is 45.6 Å². The van der Waals surface area contributed by atoms with Crippen molar-refractivity contribution in [1.82, 2.24) is 14.5 Å². The average Bonchev–Trinajstić information content (AvgIpc) is 3.30. The van der Waals surface area contributed by atoms with Crippen molar-refractivity contribution in [3.8, 4) is 5.69 Å². The SMILES string of the molecule is C=C(Nc1ccc(-n2cnc(C)c2)c(CC)c1)C1=CC=C2CCCC(c3ccc(F)cc3)N2C1=C. The van der Waals surface area contributed by atoms with Crippen molar-refractivity contribution >= 4 is 5.69 Å². The molecular formula is C30H31FN4. The van der Waals surface area contributed by atoms with E-state index in [1.54, 1.807) is 0 Å². The number of nitrogens with one attached hydrogen (secondary N) is 1. The van der Waals surface area contributed by atoms with Crippen LogP contribution in [0.15, 0.2) is 103 Å². The van der Waals surface area contributed by atoms with Crippen LogP contribution in [0.25, 0.3) is 5.69 Å². The highest BCUT2D eigenvalue weighted by Crippen LogP contribution is 2.43. The number of hydrogen-bond acceptors (Lipinski definition) is 3. The standard InChI is InChI=1S/C30H31FN4/c1-5-23-17-26(13-16-29(23)34-18-20(2)32-19-34)33-21(3)28-15-14-27-7-6-8-30(35(27)22(28)4)24-9-11-25(31)12-10-24/h9-19,30,33H,3-8H2,1-2H3. The van der Waals surface area contributed by atoms with Crippen LogP contribution in [0.5, 0.6) is 0 Å². The van der Waals surface area contributed by atoms with Crippen LogP contribution in [-0.4, -0.2) is 14.5 Å². The van der Waals surface area contributed by atoms with Gasteiger partial charge in [-0.1, -0.05) is 32.2 Å². The van der Waals surface area contributed by atoms with E-state index in [0.29, 0.717) is 0 Å². The van der Waals surface area contributed by atoms with E-state index >= 15 is 0 Å². The monoisotopic (exact) mass is 466 g/mol. The fourth-order valence-electron chi connectivity index (χ4n) is 5.13. The normalized spacial score (nSPS) is 17.5. The van der Waals surface area contributed by atoms with Gasteiger partial charge in [0.15, 0.2) is 0 Å². The zero-order valence-corrected chi connectivity index (χ0v) is 20.4. The third-order valence-electron chi connectivity index (χ3n) is 6.90. The van der Waals surface area contributed by atoms with E-state index in [1.807, 2.05) is 31.6 Å². The molecular weight excluding hydrogens is 435 g/mol. The summed E-state index contributed by atoms with van der Waals surface area (Å²) in [5, 5.41) is 3.50. The highest BCUT2D eigenvalue weighted by Gasteiger charge is 2.32. The van der Waals surface area contributed by atoms with E-state index in [-0.39, 0.29) is 11.9 Å². The van der Waals surface area contributed by atoms with Crippen LogP contribution < -0.4 is 5.32 Å². The summed E-state index contributed by atoms with van der Waals surface area (Å²) in [6, 6.07) is 13.4. The number of piperidine rings is 1. The molecule has 2 aliphatic rings. The quantitative estimate of drug-likeness (QED) is 0.412. The average molecular weight is 467 g/mol. The molecule has 178 valence electrons. The van der Waals surface area contributed by atoms with E-state index in [0.717, 1.165) is 65.3 Å². The Balaban J connectivity index is 1.38. The first-order valence-electron chi connectivity index (χ1n) is 12.2. The topological polar surface area (TPSA) is 33.1 Å². The van der Waals surface area contributed by atoms with Gasteiger partial charge in [0.05, 0.1) is 18.1 Å². The number of hydrogen-bond donors (Lipinski definition) is 1. The third kappa shape index (κ3) is 4.46. The van der Waals surface area contributed by atoms with Gasteiger partial charge in [-0.05, 0) is 86.2 Å². The zero-order chi connectivity index (χ0) is 24.5. The minimum absolute atomic E-state index is 0.143. The maximum absolute atomic E-state index is 13.5. The summed E-state index contributed by atoms with van der Waals surface area (Å²) in [4.78, 5) is 6.67. The minimum atomic E-state index is -0.211. The van der Waals surface area contributed by atoms with E-state index in [9.17, 15) is 4.39 Å². The molecule has 5 heteroatoms. The molecule has 1 aromatic heterocycles. The highest BCUT2D eigenvalue weighted by atomic mass is 19.1. The number of aryl methyl sites for hydroxylation is 2. The lowest BCUT2D eigenvalue weighted by Crippen LogP contribution is -2.33. The Bertz CT molecular complexity index is 1340. The predicted octanol–water partition coefficient (Wildman–Crippen LogP) is 7.37. The molecule has 0 bridgehead atoms. The molecule has 0 amide bonds. The number of halogens is 1. The van der Waals surface area contributed by atoms with Crippen LogP contribution in [0.3, 0.4) is 0 Å². The first kappa shape index (κ1) is 22.9. The number of fused-ring (bicyclic) bond motifs is 1. The van der Waals surface area contributed by atoms with Crippen molar-refractivity contribution in [1.29, 1.82) is 0 Å². The molecule has 0 aliphatic carbocycles. The Morgan fingerprint density at radius 1 is 1.17 bits per heavy atom. The second-order valence-electron chi connectivity index (χ2n) is 9.24. The van der Waals surface area contributed by atoms with Gasteiger partial charge >= 0.3 is 0 Å². The predicted molar refractivity (Wildman–Crippen MR) is 141 cm³/mol. The Morgan fingerprint density at radius 2 is 1.97 bits per heavy atom. The molecule has 35 heavy (non-hydrogen) atoms. The molecule has 1 fully saturated rings. The highest BCUT2D eigenvalue weighted by molar-refractivity contribution is 5.62. The molecule has 1 atom stereocenters. The second kappa shape index (κ2) is 9.41. The Hall–Kier alpha value is -3.86. The lowest BCUT2D eigenvalue weighted by molar-refractivity contribution is 0.254. The smallest absolute Gasteiger partial charge is 0.123 e. The van der Waals surface area contributed by atoms with E-state index in [4.69, 9.17) is 0 Å². The molecule has 3 aromatic rings. The molecule has 1 N–H and O–H groups in total. The summed E-state index contributed by atoms with van der Waals surface area (Å²) in [7, 11) is 0. The number of benzene rings is 2. The first-order valence-corrected chi connectivity index (χ1v) is 12.2. The van der Waals surface area contributed by atoms with Gasteiger partial charge in [-0.25, -0.2) is 9.37 Å². The van der Waals surface area contributed by atoms with Gasteiger partial charge in [0.2, 0.25) is 0 Å². The van der Waals surface area contributed by atoms with Crippen molar-refractivity contribution in [3.05, 3.63) is 126 Å². The summed E-state index contributed by atoms with van der Waals surface area (Å²) in [6.45, 7) is 13.0. The molecule has 5 rings (SSSR count). The maximum atomic E-state index is 13.5. The summed E-state index contributed by atoms with van der Waals surface area (Å²) in [6.07, 6.45) is 12.2. The summed E-state index contributed by atoms with van der Waals surface area (Å²) >= 11 is 0. The van der Waals surface area contributed by atoms with Crippen LogP contribution in [0, 0.1) is 12.7 Å². The Morgan fingerprint density at radius 3 is 2.69 bits per heavy atom. The van der Waals surface area contributed by atoms with Crippen molar-refractivity contribution < 1.29 is 4.39 Å². The van der Waals surface area contributed by atoms with Crippen molar-refractivity contribution in [2.75, 3.05) is 5.32 Å². The van der Waals surface area contributed by atoms with Gasteiger partial charge in [-0.3, -0.25) is 0 Å². The zero-order valence-electron chi connectivity index (χ0n) is 20.4. The molecule has 4 nitrogen and oxygen atoms in total. The lowest BCUT2D eigenvalue weighted by Gasteiger charge is -2.43. The molecule has 2 aliphatic heterocycles. The molecule has 0 saturated carbocycles. The fraction of sp³-hybridized carbons (Fsp3) is 0.233. The summed E-state index contributed by atoms with van der Waals surface area (Å²) in [5.74, 6) is -0.211. The number of aromatic nitrogens is 2. The molecule has 3 heterocycles. The molecule has 1 saturated heterocycles.